The summed E-state index contributed by atoms with van der Waals surface area (Å²) in [5.74, 6) is -0.445. The van der Waals surface area contributed by atoms with Gasteiger partial charge in [-0.05, 0) is 26.0 Å². The van der Waals surface area contributed by atoms with Gasteiger partial charge in [-0.2, -0.15) is 5.10 Å². The fraction of sp³-hybridized carbons (Fsp3) is 0.385. The molecule has 0 aliphatic rings. The second kappa shape index (κ2) is 5.27. The van der Waals surface area contributed by atoms with Crippen LogP contribution in [0.5, 0.6) is 0 Å². The molecule has 4 nitrogen and oxygen atoms in total. The lowest BCUT2D eigenvalue weighted by Crippen LogP contribution is -2.06. The van der Waals surface area contributed by atoms with Gasteiger partial charge in [0.2, 0.25) is 0 Å². The van der Waals surface area contributed by atoms with E-state index in [4.69, 9.17) is 0 Å². The Morgan fingerprint density at radius 2 is 2.17 bits per heavy atom. The molecule has 0 saturated carbocycles. The Hall–Kier alpha value is -1.75. The van der Waals surface area contributed by atoms with Crippen LogP contribution in [0, 0.1) is 5.82 Å². The molecule has 0 aliphatic heterocycles. The van der Waals surface area contributed by atoms with Crippen LogP contribution in [-0.2, 0) is 6.42 Å². The molecule has 18 heavy (non-hydrogen) atoms. The van der Waals surface area contributed by atoms with Crippen LogP contribution in [0.2, 0.25) is 0 Å². The van der Waals surface area contributed by atoms with Gasteiger partial charge in [0.15, 0.2) is 0 Å². The van der Waals surface area contributed by atoms with Gasteiger partial charge in [0.1, 0.15) is 5.82 Å². The number of hydrogen-bond acceptors (Lipinski definition) is 3. The van der Waals surface area contributed by atoms with Crippen LogP contribution in [0.15, 0.2) is 30.7 Å². The lowest BCUT2D eigenvalue weighted by atomic mass is 10.1. The number of aliphatic hydroxyl groups is 1. The minimum absolute atomic E-state index is 0.284. The maximum absolute atomic E-state index is 13.0. The molecule has 1 N–H and O–H groups in total. The summed E-state index contributed by atoms with van der Waals surface area (Å²) >= 11 is 0. The molecule has 2 heterocycles. The highest BCUT2D eigenvalue weighted by Crippen LogP contribution is 2.17. The quantitative estimate of drug-likeness (QED) is 0.904. The molecular formula is C13H16FN3O. The number of nitrogens with zero attached hydrogens (tertiary/aromatic N) is 3. The molecule has 2 aromatic heterocycles. The summed E-state index contributed by atoms with van der Waals surface area (Å²) in [4.78, 5) is 3.72. The summed E-state index contributed by atoms with van der Waals surface area (Å²) in [5, 5.41) is 14.3. The highest BCUT2D eigenvalue weighted by Gasteiger charge is 2.12. The van der Waals surface area contributed by atoms with Crippen molar-refractivity contribution < 1.29 is 9.50 Å². The van der Waals surface area contributed by atoms with Crippen molar-refractivity contribution >= 4 is 0 Å². The molecule has 2 aromatic rings. The van der Waals surface area contributed by atoms with Crippen molar-refractivity contribution in [1.82, 2.24) is 14.8 Å². The van der Waals surface area contributed by atoms with Crippen LogP contribution in [0.3, 0.4) is 0 Å². The van der Waals surface area contributed by atoms with Gasteiger partial charge in [0, 0.05) is 30.4 Å². The zero-order valence-corrected chi connectivity index (χ0v) is 10.4. The van der Waals surface area contributed by atoms with Gasteiger partial charge in [-0.3, -0.25) is 9.67 Å². The second-order valence-corrected chi connectivity index (χ2v) is 4.54. The van der Waals surface area contributed by atoms with Gasteiger partial charge in [-0.25, -0.2) is 4.39 Å². The van der Waals surface area contributed by atoms with E-state index in [0.29, 0.717) is 12.0 Å². The first kappa shape index (κ1) is 12.7. The van der Waals surface area contributed by atoms with Crippen LogP contribution in [0.25, 0.3) is 0 Å². The van der Waals surface area contributed by atoms with Crippen LogP contribution < -0.4 is 0 Å². The minimum atomic E-state index is -0.788. The third-order valence-corrected chi connectivity index (χ3v) is 2.71. The Morgan fingerprint density at radius 3 is 2.78 bits per heavy atom. The van der Waals surface area contributed by atoms with E-state index in [1.165, 1.54) is 12.3 Å². The Kier molecular flexibility index (Phi) is 3.72. The van der Waals surface area contributed by atoms with Crippen LogP contribution in [0.4, 0.5) is 4.39 Å². The number of hydrogen-bond donors (Lipinski definition) is 1. The van der Waals surface area contributed by atoms with Crippen LogP contribution >= 0.6 is 0 Å². The van der Waals surface area contributed by atoms with Crippen molar-refractivity contribution in [3.8, 4) is 0 Å². The highest BCUT2D eigenvalue weighted by molar-refractivity contribution is 5.15. The van der Waals surface area contributed by atoms with E-state index in [9.17, 15) is 9.50 Å². The van der Waals surface area contributed by atoms with Gasteiger partial charge in [0.05, 0.1) is 18.0 Å². The summed E-state index contributed by atoms with van der Waals surface area (Å²) in [5.41, 5.74) is 1.24. The average Bonchev–Trinajstić information content (AvgIpc) is 2.77. The Bertz CT molecular complexity index is 524. The first-order chi connectivity index (χ1) is 8.56. The van der Waals surface area contributed by atoms with Crippen LogP contribution in [0.1, 0.15) is 37.3 Å². The summed E-state index contributed by atoms with van der Waals surface area (Å²) in [7, 11) is 0. The maximum atomic E-state index is 13.0. The fourth-order valence-corrected chi connectivity index (χ4v) is 1.70. The number of aromatic nitrogens is 3. The SMILES string of the molecule is CC(C)n1ccc(CC(O)c2cncc(F)c2)n1. The predicted molar refractivity (Wildman–Crippen MR) is 65.5 cm³/mol. The lowest BCUT2D eigenvalue weighted by molar-refractivity contribution is 0.176. The van der Waals surface area contributed by atoms with E-state index < -0.39 is 11.9 Å². The molecular weight excluding hydrogens is 233 g/mol. The Morgan fingerprint density at radius 1 is 1.39 bits per heavy atom. The van der Waals surface area contributed by atoms with Gasteiger partial charge < -0.3 is 5.11 Å². The highest BCUT2D eigenvalue weighted by atomic mass is 19.1. The van der Waals surface area contributed by atoms with Gasteiger partial charge in [-0.15, -0.1) is 0 Å². The summed E-state index contributed by atoms with van der Waals surface area (Å²) in [6, 6.07) is 3.43. The molecule has 0 saturated heterocycles. The predicted octanol–water partition coefficient (Wildman–Crippen LogP) is 2.27. The standard InChI is InChI=1S/C13H16FN3O/c1-9(2)17-4-3-12(16-17)6-13(18)10-5-11(14)8-15-7-10/h3-5,7-9,13,18H,6H2,1-2H3. The first-order valence-electron chi connectivity index (χ1n) is 5.89. The largest absolute Gasteiger partial charge is 0.388 e. The lowest BCUT2D eigenvalue weighted by Gasteiger charge is -2.09. The van der Waals surface area contributed by atoms with Crippen molar-refractivity contribution in [2.75, 3.05) is 0 Å². The molecule has 0 radical (unpaired) electrons. The molecule has 1 atom stereocenters. The zero-order chi connectivity index (χ0) is 13.1. The van der Waals surface area contributed by atoms with E-state index in [2.05, 4.69) is 10.1 Å². The smallest absolute Gasteiger partial charge is 0.141 e. The van der Waals surface area contributed by atoms with E-state index in [0.717, 1.165) is 11.9 Å². The number of aliphatic hydroxyl groups excluding tert-OH is 1. The zero-order valence-electron chi connectivity index (χ0n) is 10.4. The molecule has 0 aliphatic carbocycles. The van der Waals surface area contributed by atoms with Crippen molar-refractivity contribution in [3.05, 3.63) is 47.8 Å². The maximum Gasteiger partial charge on any atom is 0.141 e. The number of rotatable bonds is 4. The molecule has 0 aromatic carbocycles. The van der Waals surface area contributed by atoms with E-state index in [-0.39, 0.29) is 6.04 Å². The summed E-state index contributed by atoms with van der Waals surface area (Å²) in [6.07, 6.45) is 4.02. The van der Waals surface area contributed by atoms with Gasteiger partial charge in [-0.1, -0.05) is 0 Å². The third kappa shape index (κ3) is 2.92. The molecule has 0 spiro atoms. The normalized spacial score (nSPS) is 12.9. The second-order valence-electron chi connectivity index (χ2n) is 4.54. The Balaban J connectivity index is 2.08. The topological polar surface area (TPSA) is 50.9 Å². The van der Waals surface area contributed by atoms with Crippen LogP contribution in [-0.4, -0.2) is 19.9 Å². The molecule has 0 fully saturated rings. The number of pyridine rings is 1. The monoisotopic (exact) mass is 249 g/mol. The Labute approximate surface area is 105 Å². The molecule has 1 unspecified atom stereocenters. The summed E-state index contributed by atoms with van der Waals surface area (Å²) in [6.45, 7) is 4.06. The fourth-order valence-electron chi connectivity index (χ4n) is 1.70. The average molecular weight is 249 g/mol. The van der Waals surface area contributed by atoms with Gasteiger partial charge in [0.25, 0.3) is 0 Å². The van der Waals surface area contributed by atoms with Gasteiger partial charge >= 0.3 is 0 Å². The number of halogens is 1. The molecule has 2 rings (SSSR count). The molecule has 96 valence electrons. The minimum Gasteiger partial charge on any atom is -0.388 e. The summed E-state index contributed by atoms with van der Waals surface area (Å²) < 4.78 is 14.8. The first-order valence-corrected chi connectivity index (χ1v) is 5.89. The van der Waals surface area contributed by atoms with E-state index >= 15 is 0 Å². The van der Waals surface area contributed by atoms with Crippen molar-refractivity contribution in [2.45, 2.75) is 32.4 Å². The molecule has 0 bridgehead atoms. The van der Waals surface area contributed by atoms with E-state index in [1.54, 1.807) is 0 Å². The van der Waals surface area contributed by atoms with Crippen molar-refractivity contribution in [2.24, 2.45) is 0 Å². The molecule has 0 amide bonds. The molecule has 5 heteroatoms. The third-order valence-electron chi connectivity index (χ3n) is 2.71. The van der Waals surface area contributed by atoms with Crippen molar-refractivity contribution in [3.63, 3.8) is 0 Å². The van der Waals surface area contributed by atoms with Crippen molar-refractivity contribution in [1.29, 1.82) is 0 Å². The van der Waals surface area contributed by atoms with E-state index in [1.807, 2.05) is 30.8 Å².